The zero-order chi connectivity index (χ0) is 19.7. The number of esters is 1. The molecule has 0 bridgehead atoms. The lowest BCUT2D eigenvalue weighted by Crippen LogP contribution is -2.18. The molecular weight excluding hydrogens is 374 g/mol. The fraction of sp³-hybridized carbons (Fsp3) is 0.261. The summed E-state index contributed by atoms with van der Waals surface area (Å²) in [5, 5.41) is 1.83. The lowest BCUT2D eigenvalue weighted by Gasteiger charge is -2.13. The number of furan rings is 1. The molecule has 2 heterocycles. The molecule has 3 aromatic rings. The second-order valence-corrected chi connectivity index (χ2v) is 7.38. The van der Waals surface area contributed by atoms with E-state index in [0.29, 0.717) is 17.9 Å². The van der Waals surface area contributed by atoms with E-state index in [-0.39, 0.29) is 5.97 Å². The van der Waals surface area contributed by atoms with Crippen LogP contribution >= 0.6 is 11.6 Å². The lowest BCUT2D eigenvalue weighted by atomic mass is 10.0. The molecule has 5 heteroatoms. The molecule has 0 fully saturated rings. The average molecular weight is 396 g/mol. The van der Waals surface area contributed by atoms with E-state index in [9.17, 15) is 4.79 Å². The summed E-state index contributed by atoms with van der Waals surface area (Å²) in [6.45, 7) is 3.77. The Morgan fingerprint density at radius 3 is 2.75 bits per heavy atom. The molecule has 144 valence electrons. The number of carbonyl (C=O) groups is 1. The van der Waals surface area contributed by atoms with Gasteiger partial charge in [-0.15, -0.1) is 0 Å². The summed E-state index contributed by atoms with van der Waals surface area (Å²) in [4.78, 5) is 14.9. The summed E-state index contributed by atoms with van der Waals surface area (Å²) in [6.07, 6.45) is 2.67. The van der Waals surface area contributed by atoms with Crippen LogP contribution in [0, 0.1) is 0 Å². The summed E-state index contributed by atoms with van der Waals surface area (Å²) in [5.74, 6) is 0.320. The van der Waals surface area contributed by atoms with E-state index in [1.807, 2.05) is 42.5 Å². The maximum atomic E-state index is 12.7. The number of likely N-dealkylation sites (N-methyl/N-ethyl adjacent to an activating group) is 1. The molecule has 4 nitrogen and oxygen atoms in total. The van der Waals surface area contributed by atoms with Crippen LogP contribution in [-0.4, -0.2) is 31.1 Å². The van der Waals surface area contributed by atoms with Crippen molar-refractivity contribution in [3.63, 3.8) is 0 Å². The number of ether oxygens (including phenoxy) is 1. The number of rotatable bonds is 4. The number of hydrogen-bond donors (Lipinski definition) is 0. The molecule has 2 aromatic carbocycles. The van der Waals surface area contributed by atoms with Crippen molar-refractivity contribution in [2.24, 2.45) is 0 Å². The monoisotopic (exact) mass is 395 g/mol. The minimum atomic E-state index is -0.360. The molecule has 0 spiro atoms. The van der Waals surface area contributed by atoms with E-state index in [1.165, 1.54) is 0 Å². The van der Waals surface area contributed by atoms with Crippen molar-refractivity contribution in [2.75, 3.05) is 20.2 Å². The SMILES string of the molecule is CCOC(=O)/C(=C/c1oc2ccc(Cl)c3c2c1CN(C)CC3)c1ccccc1. The van der Waals surface area contributed by atoms with E-state index in [2.05, 4.69) is 11.9 Å². The summed E-state index contributed by atoms with van der Waals surface area (Å²) in [6, 6.07) is 13.3. The minimum Gasteiger partial charge on any atom is -0.462 e. The molecule has 0 saturated heterocycles. The van der Waals surface area contributed by atoms with Crippen molar-refractivity contribution < 1.29 is 13.9 Å². The fourth-order valence-electron chi connectivity index (χ4n) is 3.71. The Bertz CT molecular complexity index is 1050. The zero-order valence-electron chi connectivity index (χ0n) is 16.0. The smallest absolute Gasteiger partial charge is 0.338 e. The maximum Gasteiger partial charge on any atom is 0.338 e. The molecule has 0 amide bonds. The van der Waals surface area contributed by atoms with Gasteiger partial charge in [-0.05, 0) is 49.7 Å². The van der Waals surface area contributed by atoms with Gasteiger partial charge in [0, 0.05) is 29.1 Å². The van der Waals surface area contributed by atoms with Crippen LogP contribution in [0.5, 0.6) is 0 Å². The molecular formula is C23H22ClNO3. The molecule has 1 aliphatic heterocycles. The predicted octanol–water partition coefficient (Wildman–Crippen LogP) is 5.18. The van der Waals surface area contributed by atoms with Crippen LogP contribution in [0.3, 0.4) is 0 Å². The number of hydrogen-bond acceptors (Lipinski definition) is 4. The molecule has 1 aromatic heterocycles. The third-order valence-corrected chi connectivity index (χ3v) is 5.42. The van der Waals surface area contributed by atoms with Gasteiger partial charge in [0.15, 0.2) is 0 Å². The quantitative estimate of drug-likeness (QED) is 0.451. The topological polar surface area (TPSA) is 42.7 Å². The Morgan fingerprint density at radius 1 is 1.21 bits per heavy atom. The molecule has 28 heavy (non-hydrogen) atoms. The average Bonchev–Trinajstić information content (AvgIpc) is 2.92. The lowest BCUT2D eigenvalue weighted by molar-refractivity contribution is -0.136. The summed E-state index contributed by atoms with van der Waals surface area (Å²) >= 11 is 6.48. The Kier molecular flexibility index (Phi) is 5.25. The van der Waals surface area contributed by atoms with Crippen LogP contribution < -0.4 is 0 Å². The number of carbonyl (C=O) groups excluding carboxylic acids is 1. The van der Waals surface area contributed by atoms with Crippen molar-refractivity contribution in [2.45, 2.75) is 19.9 Å². The van der Waals surface area contributed by atoms with Crippen molar-refractivity contribution >= 4 is 40.2 Å². The van der Waals surface area contributed by atoms with Crippen molar-refractivity contribution in [1.29, 1.82) is 0 Å². The Morgan fingerprint density at radius 2 is 2.00 bits per heavy atom. The van der Waals surface area contributed by atoms with Crippen LogP contribution in [0.2, 0.25) is 5.02 Å². The van der Waals surface area contributed by atoms with Crippen molar-refractivity contribution in [3.05, 3.63) is 69.9 Å². The highest BCUT2D eigenvalue weighted by Crippen LogP contribution is 2.37. The highest BCUT2D eigenvalue weighted by molar-refractivity contribution is 6.32. The first kappa shape index (κ1) is 18.8. The first-order valence-electron chi connectivity index (χ1n) is 9.44. The van der Waals surface area contributed by atoms with Gasteiger partial charge in [-0.1, -0.05) is 41.9 Å². The Labute approximate surface area is 169 Å². The molecule has 0 atom stereocenters. The van der Waals surface area contributed by atoms with E-state index >= 15 is 0 Å². The molecule has 4 rings (SSSR count). The number of benzene rings is 2. The van der Waals surface area contributed by atoms with Crippen LogP contribution in [0.4, 0.5) is 0 Å². The van der Waals surface area contributed by atoms with Gasteiger partial charge in [-0.3, -0.25) is 0 Å². The third-order valence-electron chi connectivity index (χ3n) is 5.06. The first-order valence-corrected chi connectivity index (χ1v) is 9.81. The van der Waals surface area contributed by atoms with Gasteiger partial charge in [0.05, 0.1) is 12.2 Å². The van der Waals surface area contributed by atoms with Gasteiger partial charge >= 0.3 is 5.97 Å². The highest BCUT2D eigenvalue weighted by Gasteiger charge is 2.24. The first-order chi connectivity index (χ1) is 13.6. The number of nitrogens with zero attached hydrogens (tertiary/aromatic N) is 1. The van der Waals surface area contributed by atoms with Gasteiger partial charge in [0.25, 0.3) is 0 Å². The second-order valence-electron chi connectivity index (χ2n) is 6.98. The van der Waals surface area contributed by atoms with Gasteiger partial charge in [-0.25, -0.2) is 4.79 Å². The number of halogens is 1. The molecule has 0 N–H and O–H groups in total. The summed E-state index contributed by atoms with van der Waals surface area (Å²) in [5.41, 5.74) is 4.25. The van der Waals surface area contributed by atoms with Crippen molar-refractivity contribution in [1.82, 2.24) is 4.90 Å². The fourth-order valence-corrected chi connectivity index (χ4v) is 3.96. The highest BCUT2D eigenvalue weighted by atomic mass is 35.5. The van der Waals surface area contributed by atoms with E-state index < -0.39 is 0 Å². The largest absolute Gasteiger partial charge is 0.462 e. The molecule has 0 unspecified atom stereocenters. The van der Waals surface area contributed by atoms with Gasteiger partial charge in [-0.2, -0.15) is 0 Å². The summed E-state index contributed by atoms with van der Waals surface area (Å²) in [7, 11) is 2.08. The van der Waals surface area contributed by atoms with Crippen LogP contribution in [-0.2, 0) is 22.5 Å². The second kappa shape index (κ2) is 7.82. The van der Waals surface area contributed by atoms with Gasteiger partial charge in [0.2, 0.25) is 0 Å². The van der Waals surface area contributed by atoms with E-state index in [4.69, 9.17) is 20.8 Å². The molecule has 1 aliphatic rings. The van der Waals surface area contributed by atoms with Crippen LogP contribution in [0.15, 0.2) is 46.9 Å². The normalized spacial score (nSPS) is 14.9. The standard InChI is InChI=1S/C23H22ClNO3/c1-3-27-23(26)17(15-7-5-4-6-8-15)13-21-18-14-25(2)12-11-16-19(24)9-10-20(28-21)22(16)18/h4-10,13H,3,11-12,14H2,1-2H3/b17-13+. The summed E-state index contributed by atoms with van der Waals surface area (Å²) < 4.78 is 11.5. The predicted molar refractivity (Wildman–Crippen MR) is 112 cm³/mol. The van der Waals surface area contributed by atoms with Crippen LogP contribution in [0.25, 0.3) is 22.6 Å². The van der Waals surface area contributed by atoms with E-state index in [0.717, 1.165) is 52.2 Å². The molecule has 0 aliphatic carbocycles. The zero-order valence-corrected chi connectivity index (χ0v) is 16.8. The maximum absolute atomic E-state index is 12.7. The molecule has 0 radical (unpaired) electrons. The van der Waals surface area contributed by atoms with Gasteiger partial charge < -0.3 is 14.1 Å². The van der Waals surface area contributed by atoms with E-state index in [1.54, 1.807) is 13.0 Å². The molecule has 0 saturated carbocycles. The van der Waals surface area contributed by atoms with Gasteiger partial charge in [0.1, 0.15) is 11.3 Å². The minimum absolute atomic E-state index is 0.318. The van der Waals surface area contributed by atoms with Crippen molar-refractivity contribution in [3.8, 4) is 0 Å². The Hall–Kier alpha value is -2.56. The third kappa shape index (κ3) is 3.46. The van der Waals surface area contributed by atoms with Crippen LogP contribution in [0.1, 0.15) is 29.4 Å². The Balaban J connectivity index is 1.92.